The van der Waals surface area contributed by atoms with Gasteiger partial charge in [-0.05, 0) is 13.0 Å². The van der Waals surface area contributed by atoms with Gasteiger partial charge in [0.25, 0.3) is 5.91 Å². The van der Waals surface area contributed by atoms with E-state index in [2.05, 4.69) is 10.2 Å². The lowest BCUT2D eigenvalue weighted by atomic mass is 10.2. The Morgan fingerprint density at radius 2 is 2.40 bits per heavy atom. The third kappa shape index (κ3) is 3.02. The monoisotopic (exact) mass is 204 g/mol. The summed E-state index contributed by atoms with van der Waals surface area (Å²) in [6.07, 6.45) is 3.25. The zero-order valence-corrected chi connectivity index (χ0v) is 8.55. The van der Waals surface area contributed by atoms with E-state index in [1.807, 2.05) is 13.0 Å². The summed E-state index contributed by atoms with van der Waals surface area (Å²) in [5, 5.41) is 15.7. The molecule has 15 heavy (non-hydrogen) atoms. The maximum Gasteiger partial charge on any atom is 0.255 e. The van der Waals surface area contributed by atoms with E-state index < -0.39 is 0 Å². The van der Waals surface area contributed by atoms with Gasteiger partial charge in [-0.15, -0.1) is 0 Å². The second kappa shape index (κ2) is 5.70. The average Bonchev–Trinajstić information content (AvgIpc) is 2.31. The maximum absolute atomic E-state index is 11.8. The van der Waals surface area contributed by atoms with E-state index in [-0.39, 0.29) is 5.91 Å². The predicted molar refractivity (Wildman–Crippen MR) is 53.8 cm³/mol. The molecule has 0 aromatic carbocycles. The average molecular weight is 204 g/mol. The number of nitrogens with zero attached hydrogens (tertiary/aromatic N) is 4. The molecule has 0 spiro atoms. The molecule has 5 heteroatoms. The lowest BCUT2D eigenvalue weighted by molar-refractivity contribution is 0.0767. The summed E-state index contributed by atoms with van der Waals surface area (Å²) in [7, 11) is 0. The molecule has 0 saturated carbocycles. The van der Waals surface area contributed by atoms with Gasteiger partial charge in [-0.3, -0.25) is 4.79 Å². The molecule has 0 bridgehead atoms. The Morgan fingerprint density at radius 3 is 2.93 bits per heavy atom. The van der Waals surface area contributed by atoms with Crippen molar-refractivity contribution in [2.45, 2.75) is 13.3 Å². The van der Waals surface area contributed by atoms with Gasteiger partial charge in [0.2, 0.25) is 0 Å². The van der Waals surface area contributed by atoms with Crippen LogP contribution in [0, 0.1) is 11.3 Å². The molecule has 0 aliphatic heterocycles. The van der Waals surface area contributed by atoms with Gasteiger partial charge in [0.05, 0.1) is 30.4 Å². The van der Waals surface area contributed by atoms with E-state index in [4.69, 9.17) is 5.26 Å². The van der Waals surface area contributed by atoms with Crippen LogP contribution < -0.4 is 0 Å². The Balaban J connectivity index is 2.70. The highest BCUT2D eigenvalue weighted by Crippen LogP contribution is 2.02. The van der Waals surface area contributed by atoms with Crippen LogP contribution in [-0.4, -0.2) is 34.1 Å². The van der Waals surface area contributed by atoms with Gasteiger partial charge in [0.1, 0.15) is 0 Å². The van der Waals surface area contributed by atoms with Crippen molar-refractivity contribution in [1.82, 2.24) is 15.1 Å². The number of rotatable bonds is 4. The second-order valence-electron chi connectivity index (χ2n) is 2.92. The fourth-order valence-electron chi connectivity index (χ4n) is 1.19. The molecule has 0 radical (unpaired) electrons. The van der Waals surface area contributed by atoms with Crippen LogP contribution in [0.5, 0.6) is 0 Å². The summed E-state index contributed by atoms with van der Waals surface area (Å²) >= 11 is 0. The van der Waals surface area contributed by atoms with Gasteiger partial charge in [0.15, 0.2) is 0 Å². The summed E-state index contributed by atoms with van der Waals surface area (Å²) in [6, 6.07) is 3.63. The molecule has 0 atom stereocenters. The van der Waals surface area contributed by atoms with Crippen LogP contribution in [0.1, 0.15) is 23.7 Å². The van der Waals surface area contributed by atoms with Gasteiger partial charge in [0, 0.05) is 13.1 Å². The van der Waals surface area contributed by atoms with Crippen LogP contribution in [0.15, 0.2) is 18.5 Å². The Kier molecular flexibility index (Phi) is 4.23. The molecule has 0 fully saturated rings. The summed E-state index contributed by atoms with van der Waals surface area (Å²) in [5.41, 5.74) is 0.504. The quantitative estimate of drug-likeness (QED) is 0.729. The molecule has 5 nitrogen and oxygen atoms in total. The summed E-state index contributed by atoms with van der Waals surface area (Å²) in [4.78, 5) is 13.4. The van der Waals surface area contributed by atoms with Crippen LogP contribution in [0.4, 0.5) is 0 Å². The standard InChI is InChI=1S/C10H12N4O/c1-2-14(7-3-5-11)10(15)9-4-6-12-13-8-9/h4,6,8H,2-3,7H2,1H3. The van der Waals surface area contributed by atoms with Crippen molar-refractivity contribution in [1.29, 1.82) is 5.26 Å². The molecule has 78 valence electrons. The Hall–Kier alpha value is -1.96. The first-order chi connectivity index (χ1) is 7.29. The SMILES string of the molecule is CCN(CCC#N)C(=O)c1ccnnc1. The van der Waals surface area contributed by atoms with Crippen LogP contribution in [0.25, 0.3) is 0 Å². The maximum atomic E-state index is 11.8. The number of hydrogen-bond acceptors (Lipinski definition) is 4. The second-order valence-corrected chi connectivity index (χ2v) is 2.92. The number of hydrogen-bond donors (Lipinski definition) is 0. The first-order valence-corrected chi connectivity index (χ1v) is 4.72. The van der Waals surface area contributed by atoms with Gasteiger partial charge in [-0.25, -0.2) is 0 Å². The molecule has 1 rings (SSSR count). The summed E-state index contributed by atoms with van der Waals surface area (Å²) < 4.78 is 0. The molecule has 1 aromatic heterocycles. The Bertz CT molecular complexity index is 357. The van der Waals surface area contributed by atoms with Crippen LogP contribution >= 0.6 is 0 Å². The molecule has 1 heterocycles. The van der Waals surface area contributed by atoms with Gasteiger partial charge in [-0.1, -0.05) is 0 Å². The van der Waals surface area contributed by atoms with Crippen molar-refractivity contribution in [3.8, 4) is 6.07 Å². The molecule has 0 aliphatic carbocycles. The van der Waals surface area contributed by atoms with Crippen LogP contribution in [0.3, 0.4) is 0 Å². The first-order valence-electron chi connectivity index (χ1n) is 4.72. The number of carbonyl (C=O) groups is 1. The molecule has 0 saturated heterocycles. The van der Waals surface area contributed by atoms with Crippen molar-refractivity contribution in [3.05, 3.63) is 24.0 Å². The zero-order chi connectivity index (χ0) is 11.1. The molecular formula is C10H12N4O. The van der Waals surface area contributed by atoms with E-state index >= 15 is 0 Å². The predicted octanol–water partition coefficient (Wildman–Crippen LogP) is 0.852. The minimum absolute atomic E-state index is 0.109. The number of amides is 1. The molecule has 1 amide bonds. The summed E-state index contributed by atoms with van der Waals surface area (Å²) in [5.74, 6) is -0.109. The Morgan fingerprint density at radius 1 is 1.60 bits per heavy atom. The normalized spacial score (nSPS) is 9.33. The highest BCUT2D eigenvalue weighted by Gasteiger charge is 2.13. The summed E-state index contributed by atoms with van der Waals surface area (Å²) in [6.45, 7) is 2.92. The van der Waals surface area contributed by atoms with Crippen LogP contribution in [-0.2, 0) is 0 Å². The molecule has 0 aliphatic rings. The fraction of sp³-hybridized carbons (Fsp3) is 0.400. The van der Waals surface area contributed by atoms with E-state index in [9.17, 15) is 4.79 Å². The van der Waals surface area contributed by atoms with Crippen molar-refractivity contribution in [2.75, 3.05) is 13.1 Å². The highest BCUT2D eigenvalue weighted by molar-refractivity contribution is 5.93. The number of carbonyl (C=O) groups excluding carboxylic acids is 1. The van der Waals surface area contributed by atoms with E-state index in [1.165, 1.54) is 12.4 Å². The molecule has 0 N–H and O–H groups in total. The zero-order valence-electron chi connectivity index (χ0n) is 8.55. The van der Waals surface area contributed by atoms with Crippen molar-refractivity contribution in [2.24, 2.45) is 0 Å². The van der Waals surface area contributed by atoms with Crippen molar-refractivity contribution < 1.29 is 4.79 Å². The van der Waals surface area contributed by atoms with Crippen molar-refractivity contribution >= 4 is 5.91 Å². The van der Waals surface area contributed by atoms with Gasteiger partial charge in [-0.2, -0.15) is 15.5 Å². The third-order valence-electron chi connectivity index (χ3n) is 1.99. The number of nitriles is 1. The molecule has 1 aromatic rings. The lowest BCUT2D eigenvalue weighted by Crippen LogP contribution is -2.31. The van der Waals surface area contributed by atoms with E-state index in [0.717, 1.165) is 0 Å². The van der Waals surface area contributed by atoms with E-state index in [1.54, 1.807) is 11.0 Å². The number of aromatic nitrogens is 2. The lowest BCUT2D eigenvalue weighted by Gasteiger charge is -2.18. The minimum atomic E-state index is -0.109. The topological polar surface area (TPSA) is 69.9 Å². The molecular weight excluding hydrogens is 192 g/mol. The fourth-order valence-corrected chi connectivity index (χ4v) is 1.19. The molecule has 0 unspecified atom stereocenters. The Labute approximate surface area is 88.3 Å². The first kappa shape index (κ1) is 11.1. The highest BCUT2D eigenvalue weighted by atomic mass is 16.2. The van der Waals surface area contributed by atoms with Crippen molar-refractivity contribution in [3.63, 3.8) is 0 Å². The largest absolute Gasteiger partial charge is 0.338 e. The van der Waals surface area contributed by atoms with E-state index in [0.29, 0.717) is 25.1 Å². The van der Waals surface area contributed by atoms with Gasteiger partial charge < -0.3 is 4.90 Å². The van der Waals surface area contributed by atoms with Crippen LogP contribution in [0.2, 0.25) is 0 Å². The minimum Gasteiger partial charge on any atom is -0.338 e. The third-order valence-corrected chi connectivity index (χ3v) is 1.99. The van der Waals surface area contributed by atoms with Gasteiger partial charge >= 0.3 is 0 Å². The smallest absolute Gasteiger partial charge is 0.255 e.